The molecule has 0 aromatic carbocycles. The Labute approximate surface area is 147 Å². The van der Waals surface area contributed by atoms with Crippen LogP contribution in [0.1, 0.15) is 35.5 Å². The van der Waals surface area contributed by atoms with Crippen molar-refractivity contribution in [3.05, 3.63) is 46.2 Å². The van der Waals surface area contributed by atoms with E-state index in [0.29, 0.717) is 12.0 Å². The number of hydrogen-bond donors (Lipinski definition) is 0. The lowest BCUT2D eigenvalue weighted by molar-refractivity contribution is 0.0254. The number of rotatable bonds is 6. The van der Waals surface area contributed by atoms with Gasteiger partial charge in [0.15, 0.2) is 0 Å². The first-order chi connectivity index (χ1) is 11.7. The molecule has 2 fully saturated rings. The van der Waals surface area contributed by atoms with Crippen molar-refractivity contribution in [1.29, 1.82) is 0 Å². The van der Waals surface area contributed by atoms with Crippen molar-refractivity contribution in [2.24, 2.45) is 11.3 Å². The summed E-state index contributed by atoms with van der Waals surface area (Å²) in [7, 11) is 0. The molecule has 2 atom stereocenters. The number of thiazole rings is 1. The molecule has 1 aliphatic carbocycles. The third-order valence-corrected chi connectivity index (χ3v) is 6.37. The number of aryl methyl sites for hydroxylation is 1. The fourth-order valence-electron chi connectivity index (χ4n) is 4.46. The van der Waals surface area contributed by atoms with Crippen LogP contribution in [0.5, 0.6) is 0 Å². The van der Waals surface area contributed by atoms with Gasteiger partial charge in [0.1, 0.15) is 0 Å². The molecule has 3 heterocycles. The topological polar surface area (TPSA) is 38.2 Å². The van der Waals surface area contributed by atoms with E-state index in [2.05, 4.69) is 26.3 Å². The smallest absolute Gasteiger partial charge is 0.0898 e. The normalized spacial score (nSPS) is 26.8. The molecule has 0 bridgehead atoms. The Morgan fingerprint density at radius 3 is 3.21 bits per heavy atom. The first-order valence-corrected chi connectivity index (χ1v) is 9.71. The lowest BCUT2D eigenvalue weighted by Gasteiger charge is -2.28. The van der Waals surface area contributed by atoms with Gasteiger partial charge in [-0.15, -0.1) is 11.3 Å². The van der Waals surface area contributed by atoms with Crippen molar-refractivity contribution in [3.8, 4) is 0 Å². The van der Waals surface area contributed by atoms with Crippen molar-refractivity contribution in [1.82, 2.24) is 14.9 Å². The van der Waals surface area contributed by atoms with Crippen molar-refractivity contribution in [2.75, 3.05) is 19.7 Å². The van der Waals surface area contributed by atoms with Gasteiger partial charge in [-0.25, -0.2) is 4.98 Å². The van der Waals surface area contributed by atoms with Crippen LogP contribution in [0.2, 0.25) is 0 Å². The van der Waals surface area contributed by atoms with Gasteiger partial charge in [-0.3, -0.25) is 9.88 Å². The quantitative estimate of drug-likeness (QED) is 0.802. The second-order valence-electron chi connectivity index (χ2n) is 7.33. The van der Waals surface area contributed by atoms with Gasteiger partial charge in [-0.2, -0.15) is 0 Å². The van der Waals surface area contributed by atoms with E-state index < -0.39 is 0 Å². The summed E-state index contributed by atoms with van der Waals surface area (Å²) in [5.41, 5.74) is 2.74. The zero-order chi connectivity index (χ0) is 16.4. The number of likely N-dealkylation sites (tertiary alicyclic amines) is 1. The highest BCUT2D eigenvalue weighted by atomic mass is 32.1. The first kappa shape index (κ1) is 16.2. The van der Waals surface area contributed by atoms with E-state index >= 15 is 0 Å². The highest BCUT2D eigenvalue weighted by molar-refractivity contribution is 7.09. The molecule has 0 amide bonds. The third kappa shape index (κ3) is 3.39. The molecular weight excluding hydrogens is 318 g/mol. The summed E-state index contributed by atoms with van der Waals surface area (Å²) in [6.45, 7) is 6.94. The molecule has 0 unspecified atom stereocenters. The van der Waals surface area contributed by atoms with E-state index in [-0.39, 0.29) is 0 Å². The van der Waals surface area contributed by atoms with Crippen LogP contribution in [0.15, 0.2) is 29.9 Å². The minimum atomic E-state index is 0.354. The van der Waals surface area contributed by atoms with Crippen LogP contribution in [0.3, 0.4) is 0 Å². The van der Waals surface area contributed by atoms with Crippen molar-refractivity contribution >= 4 is 11.3 Å². The van der Waals surface area contributed by atoms with Crippen molar-refractivity contribution < 1.29 is 4.74 Å². The number of pyridine rings is 1. The predicted molar refractivity (Wildman–Crippen MR) is 95.8 cm³/mol. The van der Waals surface area contributed by atoms with Gasteiger partial charge in [0.05, 0.1) is 23.9 Å². The highest BCUT2D eigenvalue weighted by Crippen LogP contribution is 2.49. The largest absolute Gasteiger partial charge is 0.374 e. The first-order valence-electron chi connectivity index (χ1n) is 8.84. The van der Waals surface area contributed by atoms with Gasteiger partial charge >= 0.3 is 0 Å². The molecule has 128 valence electrons. The number of nitrogens with zero attached hydrogens (tertiary/aromatic N) is 3. The van der Waals surface area contributed by atoms with Crippen LogP contribution in [0.25, 0.3) is 0 Å². The maximum absolute atomic E-state index is 6.13. The minimum absolute atomic E-state index is 0.354. The molecule has 0 spiro atoms. The Hall–Kier alpha value is -1.30. The van der Waals surface area contributed by atoms with Gasteiger partial charge in [-0.05, 0) is 37.3 Å². The average molecular weight is 343 g/mol. The monoisotopic (exact) mass is 343 g/mol. The van der Waals surface area contributed by atoms with Gasteiger partial charge < -0.3 is 4.74 Å². The van der Waals surface area contributed by atoms with E-state index in [0.717, 1.165) is 36.3 Å². The number of aromatic nitrogens is 2. The minimum Gasteiger partial charge on any atom is -0.374 e. The summed E-state index contributed by atoms with van der Waals surface area (Å²) in [6, 6.07) is 4.20. The molecule has 1 saturated heterocycles. The third-order valence-electron chi connectivity index (χ3n) is 5.55. The van der Waals surface area contributed by atoms with Crippen LogP contribution in [-0.4, -0.2) is 34.6 Å². The SMILES string of the molecule is Cc1nc(COC[C@]23CCC[C@H]2CN(Cc2cccnc2)C3)cs1. The van der Waals surface area contributed by atoms with Crippen LogP contribution in [-0.2, 0) is 17.9 Å². The molecule has 4 nitrogen and oxygen atoms in total. The van der Waals surface area contributed by atoms with Gasteiger partial charge in [-0.1, -0.05) is 12.5 Å². The summed E-state index contributed by atoms with van der Waals surface area (Å²) < 4.78 is 6.13. The molecule has 0 radical (unpaired) electrons. The Bertz CT molecular complexity index is 674. The van der Waals surface area contributed by atoms with Crippen molar-refractivity contribution in [3.63, 3.8) is 0 Å². The standard InChI is InChI=1S/C19H25N3OS/c1-15-21-18(12-24-15)11-23-14-19-6-2-5-17(19)10-22(13-19)9-16-4-3-7-20-8-16/h3-4,7-8,12,17H,2,5-6,9-11,13-14H2,1H3/t17-,19+/m0/s1. The molecule has 2 aliphatic rings. The zero-order valence-corrected chi connectivity index (χ0v) is 15.1. The number of hydrogen-bond acceptors (Lipinski definition) is 5. The summed E-state index contributed by atoms with van der Waals surface area (Å²) in [6.07, 6.45) is 7.84. The van der Waals surface area contributed by atoms with Crippen LogP contribution in [0, 0.1) is 18.3 Å². The molecule has 2 aromatic rings. The lowest BCUT2D eigenvalue weighted by Crippen LogP contribution is -2.32. The summed E-state index contributed by atoms with van der Waals surface area (Å²) in [5, 5.41) is 3.23. The summed E-state index contributed by atoms with van der Waals surface area (Å²) >= 11 is 1.70. The second-order valence-corrected chi connectivity index (χ2v) is 8.40. The molecule has 0 N–H and O–H groups in total. The molecular formula is C19H25N3OS. The van der Waals surface area contributed by atoms with E-state index in [9.17, 15) is 0 Å². The highest BCUT2D eigenvalue weighted by Gasteiger charge is 2.49. The fourth-order valence-corrected chi connectivity index (χ4v) is 5.06. The molecule has 1 saturated carbocycles. The molecule has 5 heteroatoms. The van der Waals surface area contributed by atoms with Crippen LogP contribution in [0.4, 0.5) is 0 Å². The van der Waals surface area contributed by atoms with E-state index in [1.807, 2.05) is 25.4 Å². The zero-order valence-electron chi connectivity index (χ0n) is 14.3. The van der Waals surface area contributed by atoms with Gasteiger partial charge in [0, 0.05) is 42.8 Å². The van der Waals surface area contributed by atoms with E-state index in [4.69, 9.17) is 4.74 Å². The maximum Gasteiger partial charge on any atom is 0.0898 e. The summed E-state index contributed by atoms with van der Waals surface area (Å²) in [5.74, 6) is 0.784. The van der Waals surface area contributed by atoms with Crippen LogP contribution < -0.4 is 0 Å². The van der Waals surface area contributed by atoms with Gasteiger partial charge in [0.25, 0.3) is 0 Å². The van der Waals surface area contributed by atoms with Crippen LogP contribution >= 0.6 is 11.3 Å². The Morgan fingerprint density at radius 1 is 1.46 bits per heavy atom. The molecule has 1 aliphatic heterocycles. The fraction of sp³-hybridized carbons (Fsp3) is 0.579. The molecule has 4 rings (SSSR count). The Morgan fingerprint density at radius 2 is 2.42 bits per heavy atom. The van der Waals surface area contributed by atoms with E-state index in [1.54, 1.807) is 11.3 Å². The Kier molecular flexibility index (Phi) is 4.66. The number of ether oxygens (including phenoxy) is 1. The number of fused-ring (bicyclic) bond motifs is 1. The molecule has 24 heavy (non-hydrogen) atoms. The summed E-state index contributed by atoms with van der Waals surface area (Å²) in [4.78, 5) is 11.3. The Balaban J connectivity index is 1.35. The average Bonchev–Trinajstić information content (AvgIpc) is 3.23. The van der Waals surface area contributed by atoms with Gasteiger partial charge in [0.2, 0.25) is 0 Å². The second kappa shape index (κ2) is 6.90. The maximum atomic E-state index is 6.13. The van der Waals surface area contributed by atoms with E-state index in [1.165, 1.54) is 31.4 Å². The van der Waals surface area contributed by atoms with Crippen molar-refractivity contribution in [2.45, 2.75) is 39.3 Å². The predicted octanol–water partition coefficient (Wildman–Crippen LogP) is 3.67. The molecule has 2 aromatic heterocycles. The lowest BCUT2D eigenvalue weighted by atomic mass is 9.81.